The lowest BCUT2D eigenvalue weighted by atomic mass is 9.99. The van der Waals surface area contributed by atoms with Crippen LogP contribution < -0.4 is 5.32 Å². The summed E-state index contributed by atoms with van der Waals surface area (Å²) >= 11 is 0. The number of unbranched alkanes of at least 4 members (excludes halogenated alkanes) is 23. The smallest absolute Gasteiger partial charge is 0.220 e. The Labute approximate surface area is 299 Å². The second-order valence-corrected chi connectivity index (χ2v) is 14.4. The summed E-state index contributed by atoms with van der Waals surface area (Å²) in [4.78, 5) is 12.9. The lowest BCUT2D eigenvalue weighted by Gasteiger charge is -2.40. The molecule has 7 atom stereocenters. The molecule has 0 spiro atoms. The van der Waals surface area contributed by atoms with Crippen LogP contribution in [-0.2, 0) is 14.3 Å². The molecule has 6 N–H and O–H groups in total. The predicted octanol–water partition coefficient (Wildman–Crippen LogP) is 7.39. The van der Waals surface area contributed by atoms with Gasteiger partial charge in [0.05, 0.1) is 25.4 Å². The highest BCUT2D eigenvalue weighted by atomic mass is 16.7. The van der Waals surface area contributed by atoms with Crippen molar-refractivity contribution in [2.75, 3.05) is 13.2 Å². The first-order chi connectivity index (χ1) is 23.8. The Hall–Kier alpha value is -1.07. The van der Waals surface area contributed by atoms with Crippen molar-refractivity contribution in [1.82, 2.24) is 5.32 Å². The van der Waals surface area contributed by atoms with E-state index in [1.165, 1.54) is 122 Å². The van der Waals surface area contributed by atoms with Gasteiger partial charge in [0.15, 0.2) is 6.29 Å². The first kappa shape index (κ1) is 46.0. The minimum absolute atomic E-state index is 0.178. The molecule has 0 aliphatic carbocycles. The third-order valence-corrected chi connectivity index (χ3v) is 9.86. The molecule has 0 radical (unpaired) electrons. The summed E-state index contributed by atoms with van der Waals surface area (Å²) in [6.45, 7) is 3.75. The fourth-order valence-electron chi connectivity index (χ4n) is 6.51. The Bertz CT molecular complexity index is 781. The van der Waals surface area contributed by atoms with E-state index in [0.29, 0.717) is 6.42 Å². The average molecular weight is 700 g/mol. The maximum atomic E-state index is 12.9. The van der Waals surface area contributed by atoms with Gasteiger partial charge in [0, 0.05) is 6.42 Å². The van der Waals surface area contributed by atoms with Gasteiger partial charge in [0.2, 0.25) is 5.91 Å². The number of hydrogen-bond acceptors (Lipinski definition) is 8. The molecule has 0 bridgehead atoms. The van der Waals surface area contributed by atoms with Crippen LogP contribution in [0.5, 0.6) is 0 Å². The minimum atomic E-state index is -1.56. The zero-order chi connectivity index (χ0) is 36.0. The van der Waals surface area contributed by atoms with Gasteiger partial charge < -0.3 is 40.3 Å². The molecule has 1 heterocycles. The zero-order valence-corrected chi connectivity index (χ0v) is 31.5. The number of hydrogen-bond donors (Lipinski definition) is 6. The Kier molecular flexibility index (Phi) is 29.7. The lowest BCUT2D eigenvalue weighted by molar-refractivity contribution is -0.302. The number of ether oxygens (including phenoxy) is 2. The van der Waals surface area contributed by atoms with Crippen molar-refractivity contribution >= 4 is 5.91 Å². The number of aliphatic hydroxyl groups excluding tert-OH is 5. The maximum Gasteiger partial charge on any atom is 0.220 e. The van der Waals surface area contributed by atoms with E-state index in [2.05, 4.69) is 19.2 Å². The van der Waals surface area contributed by atoms with Crippen LogP contribution in [0.15, 0.2) is 12.2 Å². The van der Waals surface area contributed by atoms with Crippen LogP contribution in [0.1, 0.15) is 181 Å². The molecule has 1 fully saturated rings. The minimum Gasteiger partial charge on any atom is -0.394 e. The molecule has 1 saturated heterocycles. The monoisotopic (exact) mass is 700 g/mol. The van der Waals surface area contributed by atoms with E-state index < -0.39 is 49.5 Å². The van der Waals surface area contributed by atoms with E-state index in [1.807, 2.05) is 6.08 Å². The Balaban J connectivity index is 2.43. The van der Waals surface area contributed by atoms with Gasteiger partial charge in [0.1, 0.15) is 24.4 Å². The fraction of sp³-hybridized carbons (Fsp3) is 0.925. The van der Waals surface area contributed by atoms with Gasteiger partial charge in [0.25, 0.3) is 0 Å². The van der Waals surface area contributed by atoms with Gasteiger partial charge in [-0.3, -0.25) is 4.79 Å². The molecule has 0 aromatic carbocycles. The van der Waals surface area contributed by atoms with Crippen LogP contribution in [0.2, 0.25) is 0 Å². The van der Waals surface area contributed by atoms with Crippen molar-refractivity contribution in [3.8, 4) is 0 Å². The number of carbonyl (C=O) groups excluding carboxylic acids is 1. The second-order valence-electron chi connectivity index (χ2n) is 14.4. The summed E-state index contributed by atoms with van der Waals surface area (Å²) in [6.07, 6.45) is 26.7. The summed E-state index contributed by atoms with van der Waals surface area (Å²) < 4.78 is 11.2. The molecule has 0 aromatic heterocycles. The van der Waals surface area contributed by atoms with Gasteiger partial charge in [-0.2, -0.15) is 0 Å². The SMILES string of the molecule is CCCCCCCCCCCCC/C=C/[C@@H](O)[C@H](CO[C@H]1O[C@@H](CO)[C@H](O)[C@@H](O)[C@@H]1O)NC(=O)CCCCCCCCCCCCCCC. The van der Waals surface area contributed by atoms with Crippen molar-refractivity contribution < 1.29 is 39.8 Å². The summed E-state index contributed by atoms with van der Waals surface area (Å²) in [6, 6.07) is -0.796. The number of carbonyl (C=O) groups is 1. The third-order valence-electron chi connectivity index (χ3n) is 9.86. The largest absolute Gasteiger partial charge is 0.394 e. The van der Waals surface area contributed by atoms with Gasteiger partial charge in [-0.05, 0) is 19.3 Å². The molecule has 0 unspecified atom stereocenters. The number of nitrogens with one attached hydrogen (secondary N) is 1. The summed E-state index contributed by atoms with van der Waals surface area (Å²) in [5.74, 6) is -0.178. The molecular formula is C40H77NO8. The van der Waals surface area contributed by atoms with Crippen molar-refractivity contribution in [2.24, 2.45) is 0 Å². The van der Waals surface area contributed by atoms with Crippen LogP contribution in [0.3, 0.4) is 0 Å². The number of amides is 1. The van der Waals surface area contributed by atoms with Crippen LogP contribution in [0.25, 0.3) is 0 Å². The standard InChI is InChI=1S/C40H77NO8/c1-3-5-7-9-11-13-15-17-19-21-23-25-27-29-34(43)33(32-48-40-39(47)38(46)37(45)35(31-42)49-40)41-36(44)30-28-26-24-22-20-18-16-14-12-10-8-6-4-2/h27,29,33-35,37-40,42-43,45-47H,3-26,28,30-32H2,1-2H3,(H,41,44)/b29-27+/t33-,34+,35-,37-,38+,39-,40-/m0/s1. The Morgan fingerprint density at radius 2 is 1.12 bits per heavy atom. The number of rotatable bonds is 33. The number of allylic oxidation sites excluding steroid dienone is 1. The quantitative estimate of drug-likeness (QED) is 0.0307. The van der Waals surface area contributed by atoms with Gasteiger partial charge in [-0.25, -0.2) is 0 Å². The normalized spacial score (nSPS) is 22.5. The second kappa shape index (κ2) is 31.6. The van der Waals surface area contributed by atoms with Gasteiger partial charge in [-0.1, -0.05) is 167 Å². The fourth-order valence-corrected chi connectivity index (χ4v) is 6.51. The highest BCUT2D eigenvalue weighted by Gasteiger charge is 2.44. The molecular weight excluding hydrogens is 622 g/mol. The Morgan fingerprint density at radius 3 is 1.59 bits per heavy atom. The molecule has 49 heavy (non-hydrogen) atoms. The van der Waals surface area contributed by atoms with Gasteiger partial charge >= 0.3 is 0 Å². The third kappa shape index (κ3) is 23.2. The summed E-state index contributed by atoms with van der Waals surface area (Å²) in [7, 11) is 0. The highest BCUT2D eigenvalue weighted by Crippen LogP contribution is 2.22. The molecule has 1 aliphatic heterocycles. The van der Waals surface area contributed by atoms with E-state index in [0.717, 1.165) is 38.5 Å². The first-order valence-corrected chi connectivity index (χ1v) is 20.4. The van der Waals surface area contributed by atoms with Gasteiger partial charge in [-0.15, -0.1) is 0 Å². The molecule has 1 amide bonds. The van der Waals surface area contributed by atoms with E-state index in [-0.39, 0.29) is 12.5 Å². The first-order valence-electron chi connectivity index (χ1n) is 20.4. The molecule has 9 heteroatoms. The lowest BCUT2D eigenvalue weighted by Crippen LogP contribution is -2.60. The molecule has 0 aromatic rings. The van der Waals surface area contributed by atoms with Crippen LogP contribution in [-0.4, -0.2) is 87.5 Å². The number of aliphatic hydroxyl groups is 5. The highest BCUT2D eigenvalue weighted by molar-refractivity contribution is 5.76. The van der Waals surface area contributed by atoms with Crippen LogP contribution in [0.4, 0.5) is 0 Å². The van der Waals surface area contributed by atoms with Crippen molar-refractivity contribution in [1.29, 1.82) is 0 Å². The summed E-state index contributed by atoms with van der Waals surface area (Å²) in [5.41, 5.74) is 0. The van der Waals surface area contributed by atoms with Crippen molar-refractivity contribution in [2.45, 2.75) is 224 Å². The Morgan fingerprint density at radius 1 is 0.673 bits per heavy atom. The average Bonchev–Trinajstić information content (AvgIpc) is 3.10. The molecule has 1 aliphatic rings. The van der Waals surface area contributed by atoms with Crippen molar-refractivity contribution in [3.63, 3.8) is 0 Å². The summed E-state index contributed by atoms with van der Waals surface area (Å²) in [5, 5.41) is 53.9. The molecule has 290 valence electrons. The van der Waals surface area contributed by atoms with E-state index in [1.54, 1.807) is 6.08 Å². The predicted molar refractivity (Wildman–Crippen MR) is 198 cm³/mol. The van der Waals surface area contributed by atoms with Crippen LogP contribution >= 0.6 is 0 Å². The molecule has 0 saturated carbocycles. The molecule has 1 rings (SSSR count). The van der Waals surface area contributed by atoms with Crippen LogP contribution in [0, 0.1) is 0 Å². The van der Waals surface area contributed by atoms with E-state index in [9.17, 15) is 30.3 Å². The topological polar surface area (TPSA) is 149 Å². The molecule has 9 nitrogen and oxygen atoms in total. The maximum absolute atomic E-state index is 12.9. The van der Waals surface area contributed by atoms with E-state index in [4.69, 9.17) is 9.47 Å². The van der Waals surface area contributed by atoms with Crippen molar-refractivity contribution in [3.05, 3.63) is 12.2 Å². The zero-order valence-electron chi connectivity index (χ0n) is 31.5. The van der Waals surface area contributed by atoms with E-state index >= 15 is 0 Å².